The van der Waals surface area contributed by atoms with Crippen molar-refractivity contribution in [3.63, 3.8) is 0 Å². The summed E-state index contributed by atoms with van der Waals surface area (Å²) in [6.45, 7) is 10.9. The number of carbonyl (C=O) groups excluding carboxylic acids is 1. The molecule has 2 aliphatic rings. The summed E-state index contributed by atoms with van der Waals surface area (Å²) in [5, 5.41) is 0. The topological polar surface area (TPSA) is 101 Å². The standard InChI is InChI=1S/C39H46N4O4S/c1-26-11-9-12-27(2)36(26)34-22-35-41-38(40-34)42-48(45,46)33-16-10-15-31(21-33)37(44)43(32(25-47-35)23-39(3,4)5)24-28-17-19-30(20-18-28)29-13-7-6-8-14-29/h9-12,15-22,29,32H,6-8,13-14,23-25H2,1-5H3,(H,40,41,42)/t32-/m1/s1. The molecule has 2 heterocycles. The number of aryl methyl sites for hydroxylation is 2. The summed E-state index contributed by atoms with van der Waals surface area (Å²) in [4.78, 5) is 25.4. The molecule has 1 N–H and O–H groups in total. The van der Waals surface area contributed by atoms with Gasteiger partial charge in [0.15, 0.2) is 0 Å². The number of hydrogen-bond acceptors (Lipinski definition) is 6. The highest BCUT2D eigenvalue weighted by Gasteiger charge is 2.31. The van der Waals surface area contributed by atoms with Crippen molar-refractivity contribution in [2.75, 3.05) is 11.3 Å². The number of rotatable bonds is 5. The van der Waals surface area contributed by atoms with E-state index in [1.165, 1.54) is 49.8 Å². The number of nitrogens with one attached hydrogen (secondary N) is 1. The molecule has 0 saturated heterocycles. The maximum atomic E-state index is 14.5. The molecule has 9 heteroatoms. The fourth-order valence-corrected chi connectivity index (χ4v) is 8.06. The number of amides is 1. The highest BCUT2D eigenvalue weighted by Crippen LogP contribution is 2.34. The van der Waals surface area contributed by atoms with E-state index in [1.807, 2.05) is 36.9 Å². The van der Waals surface area contributed by atoms with E-state index in [1.54, 1.807) is 18.2 Å². The second kappa shape index (κ2) is 13.7. The van der Waals surface area contributed by atoms with Crippen LogP contribution in [0.1, 0.15) is 97.8 Å². The fraction of sp³-hybridized carbons (Fsp3) is 0.410. The van der Waals surface area contributed by atoms with Gasteiger partial charge in [-0.15, -0.1) is 0 Å². The van der Waals surface area contributed by atoms with Crippen LogP contribution in [0.2, 0.25) is 0 Å². The number of nitrogens with zero attached hydrogens (tertiary/aromatic N) is 3. The lowest BCUT2D eigenvalue weighted by atomic mass is 9.84. The second-order valence-electron chi connectivity index (χ2n) is 14.6. The molecule has 8 nitrogen and oxygen atoms in total. The van der Waals surface area contributed by atoms with Crippen molar-refractivity contribution in [3.05, 3.63) is 101 Å². The third-order valence-electron chi connectivity index (χ3n) is 9.44. The van der Waals surface area contributed by atoms with Crippen molar-refractivity contribution in [2.24, 2.45) is 5.41 Å². The minimum Gasteiger partial charge on any atom is -0.475 e. The average Bonchev–Trinajstić information content (AvgIpc) is 3.05. The molecule has 6 rings (SSSR count). The predicted octanol–water partition coefficient (Wildman–Crippen LogP) is 8.45. The molecule has 0 spiro atoms. The first-order valence-electron chi connectivity index (χ1n) is 17.0. The number of anilines is 1. The summed E-state index contributed by atoms with van der Waals surface area (Å²) >= 11 is 0. The van der Waals surface area contributed by atoms with Crippen LogP contribution in [0.15, 0.2) is 77.7 Å². The van der Waals surface area contributed by atoms with Gasteiger partial charge < -0.3 is 9.64 Å². The zero-order valence-corrected chi connectivity index (χ0v) is 29.4. The highest BCUT2D eigenvalue weighted by molar-refractivity contribution is 7.92. The molecule has 4 aromatic rings. The number of ether oxygens (including phenoxy) is 1. The van der Waals surface area contributed by atoms with Gasteiger partial charge in [-0.3, -0.25) is 4.79 Å². The second-order valence-corrected chi connectivity index (χ2v) is 16.2. The van der Waals surface area contributed by atoms with E-state index in [-0.39, 0.29) is 40.7 Å². The van der Waals surface area contributed by atoms with Crippen LogP contribution in [-0.4, -0.2) is 41.8 Å². The van der Waals surface area contributed by atoms with Gasteiger partial charge in [0.1, 0.15) is 6.61 Å². The van der Waals surface area contributed by atoms with E-state index >= 15 is 0 Å². The number of hydrogen-bond donors (Lipinski definition) is 1. The SMILES string of the molecule is Cc1cccc(C)c1-c1cc2nc(n1)NS(=O)(=O)c1cccc(c1)C(=O)N(Cc1ccc(C3CCCCC3)cc1)[C@H](CC(C)(C)C)CO2. The lowest BCUT2D eigenvalue weighted by Crippen LogP contribution is -2.45. The quantitative estimate of drug-likeness (QED) is 0.229. The monoisotopic (exact) mass is 666 g/mol. The van der Waals surface area contributed by atoms with Gasteiger partial charge in [-0.1, -0.05) is 88.6 Å². The van der Waals surface area contributed by atoms with Crippen molar-refractivity contribution in [3.8, 4) is 17.1 Å². The molecular formula is C39H46N4O4S. The molecule has 0 radical (unpaired) electrons. The Bertz CT molecular complexity index is 1870. The molecule has 1 saturated carbocycles. The third-order valence-corrected chi connectivity index (χ3v) is 10.8. The summed E-state index contributed by atoms with van der Waals surface area (Å²) in [6, 6.07) is 22.2. The van der Waals surface area contributed by atoms with E-state index < -0.39 is 10.0 Å². The lowest BCUT2D eigenvalue weighted by molar-refractivity contribution is 0.0513. The van der Waals surface area contributed by atoms with Crippen LogP contribution in [0, 0.1) is 19.3 Å². The van der Waals surface area contributed by atoms with Gasteiger partial charge in [-0.25, -0.2) is 18.1 Å². The minimum atomic E-state index is -4.14. The Labute approximate surface area is 285 Å². The fourth-order valence-electron chi connectivity index (χ4n) is 7.07. The van der Waals surface area contributed by atoms with Gasteiger partial charge in [0.2, 0.25) is 11.8 Å². The van der Waals surface area contributed by atoms with Gasteiger partial charge in [0, 0.05) is 23.7 Å². The predicted molar refractivity (Wildman–Crippen MR) is 190 cm³/mol. The Hall–Kier alpha value is -4.24. The van der Waals surface area contributed by atoms with Crippen LogP contribution in [0.5, 0.6) is 5.88 Å². The van der Waals surface area contributed by atoms with Gasteiger partial charge in [0.25, 0.3) is 15.9 Å². The Morgan fingerprint density at radius 3 is 2.27 bits per heavy atom. The van der Waals surface area contributed by atoms with Crippen LogP contribution < -0.4 is 9.46 Å². The molecule has 4 bridgehead atoms. The molecule has 1 aliphatic carbocycles. The number of fused-ring (bicyclic) bond motifs is 4. The van der Waals surface area contributed by atoms with E-state index in [9.17, 15) is 13.2 Å². The van der Waals surface area contributed by atoms with Crippen molar-refractivity contribution in [1.29, 1.82) is 0 Å². The minimum absolute atomic E-state index is 0.0414. The molecule has 1 atom stereocenters. The van der Waals surface area contributed by atoms with Gasteiger partial charge in [-0.2, -0.15) is 4.98 Å². The summed E-state index contributed by atoms with van der Waals surface area (Å²) < 4.78 is 36.4. The van der Waals surface area contributed by atoms with Crippen LogP contribution in [0.3, 0.4) is 0 Å². The van der Waals surface area contributed by atoms with E-state index in [4.69, 9.17) is 4.74 Å². The Morgan fingerprint density at radius 2 is 1.58 bits per heavy atom. The van der Waals surface area contributed by atoms with Crippen LogP contribution in [-0.2, 0) is 16.6 Å². The summed E-state index contributed by atoms with van der Waals surface area (Å²) in [6.07, 6.45) is 6.94. The Balaban J connectivity index is 1.43. The summed E-state index contributed by atoms with van der Waals surface area (Å²) in [5.74, 6) is 0.471. The van der Waals surface area contributed by atoms with Crippen molar-refractivity contribution in [2.45, 2.75) is 96.5 Å². The first kappa shape index (κ1) is 33.7. The van der Waals surface area contributed by atoms with Crippen molar-refractivity contribution >= 4 is 21.9 Å². The van der Waals surface area contributed by atoms with Crippen LogP contribution >= 0.6 is 0 Å². The molecule has 0 unspecified atom stereocenters. The molecular weight excluding hydrogens is 621 g/mol. The van der Waals surface area contributed by atoms with Crippen molar-refractivity contribution < 1.29 is 17.9 Å². The van der Waals surface area contributed by atoms with Crippen LogP contribution in [0.4, 0.5) is 5.95 Å². The number of carbonyl (C=O) groups is 1. The highest BCUT2D eigenvalue weighted by atomic mass is 32.2. The molecule has 252 valence electrons. The smallest absolute Gasteiger partial charge is 0.264 e. The lowest BCUT2D eigenvalue weighted by Gasteiger charge is -2.36. The van der Waals surface area contributed by atoms with E-state index in [0.717, 1.165) is 22.3 Å². The summed E-state index contributed by atoms with van der Waals surface area (Å²) in [7, 11) is -4.14. The molecule has 1 amide bonds. The molecule has 1 aliphatic heterocycles. The Kier molecular flexibility index (Phi) is 9.61. The first-order valence-corrected chi connectivity index (χ1v) is 18.5. The summed E-state index contributed by atoms with van der Waals surface area (Å²) in [5.41, 5.74) is 5.95. The first-order chi connectivity index (χ1) is 22.9. The van der Waals surface area contributed by atoms with E-state index in [2.05, 4.69) is 59.7 Å². The maximum absolute atomic E-state index is 14.5. The zero-order valence-electron chi connectivity index (χ0n) is 28.6. The maximum Gasteiger partial charge on any atom is 0.264 e. The molecule has 3 aromatic carbocycles. The van der Waals surface area contributed by atoms with Gasteiger partial charge >= 0.3 is 0 Å². The van der Waals surface area contributed by atoms with Crippen molar-refractivity contribution in [1.82, 2.24) is 14.9 Å². The number of aromatic nitrogens is 2. The normalized spacial score (nSPS) is 18.6. The third kappa shape index (κ3) is 7.73. The average molecular weight is 667 g/mol. The zero-order chi connectivity index (χ0) is 34.1. The Morgan fingerprint density at radius 1 is 0.896 bits per heavy atom. The number of sulfonamides is 1. The largest absolute Gasteiger partial charge is 0.475 e. The number of benzene rings is 3. The van der Waals surface area contributed by atoms with Gasteiger partial charge in [-0.05, 0) is 84.9 Å². The molecule has 48 heavy (non-hydrogen) atoms. The molecule has 1 fully saturated rings. The van der Waals surface area contributed by atoms with E-state index in [0.29, 0.717) is 30.1 Å². The van der Waals surface area contributed by atoms with Gasteiger partial charge in [0.05, 0.1) is 16.6 Å². The van der Waals surface area contributed by atoms with Crippen LogP contribution in [0.25, 0.3) is 11.3 Å². The molecule has 1 aromatic heterocycles.